The fraction of sp³-hybridized carbons (Fsp3) is 0.667. The van der Waals surface area contributed by atoms with Crippen LogP contribution in [0.4, 0.5) is 0 Å². The maximum Gasteiger partial charge on any atom is 0.119 e. The Bertz CT molecular complexity index is 398. The average molecular weight is 293 g/mol. The zero-order valence-corrected chi connectivity index (χ0v) is 14.1. The van der Waals surface area contributed by atoms with Gasteiger partial charge in [0.15, 0.2) is 0 Å². The van der Waals surface area contributed by atoms with Gasteiger partial charge in [-0.25, -0.2) is 0 Å². The van der Waals surface area contributed by atoms with Gasteiger partial charge in [-0.05, 0) is 49.9 Å². The molecule has 1 aromatic carbocycles. The first-order chi connectivity index (χ1) is 9.90. The number of hydrogen-bond donors (Lipinski definition) is 2. The highest BCUT2D eigenvalue weighted by Gasteiger charge is 2.25. The first-order valence-electron chi connectivity index (χ1n) is 8.09. The van der Waals surface area contributed by atoms with Crippen LogP contribution in [0.25, 0.3) is 0 Å². The molecular formula is C18H31NO2. The maximum absolute atomic E-state index is 10.2. The van der Waals surface area contributed by atoms with E-state index in [2.05, 4.69) is 31.3 Å². The normalized spacial score (nSPS) is 15.8. The van der Waals surface area contributed by atoms with Gasteiger partial charge in [-0.15, -0.1) is 0 Å². The van der Waals surface area contributed by atoms with E-state index in [4.69, 9.17) is 4.74 Å². The van der Waals surface area contributed by atoms with Crippen molar-refractivity contribution in [2.75, 3.05) is 13.2 Å². The molecule has 0 saturated carbocycles. The fourth-order valence-electron chi connectivity index (χ4n) is 2.01. The second-order valence-electron chi connectivity index (χ2n) is 6.28. The third kappa shape index (κ3) is 5.68. The maximum atomic E-state index is 10.2. The number of nitrogens with one attached hydrogen (secondary N) is 1. The molecule has 0 aliphatic rings. The van der Waals surface area contributed by atoms with E-state index in [1.165, 1.54) is 5.56 Å². The van der Waals surface area contributed by atoms with Crippen molar-refractivity contribution in [3.8, 4) is 5.75 Å². The van der Waals surface area contributed by atoms with Crippen LogP contribution >= 0.6 is 0 Å². The third-order valence-electron chi connectivity index (χ3n) is 4.11. The Morgan fingerprint density at radius 3 is 2.29 bits per heavy atom. The Labute approximate surface area is 129 Å². The van der Waals surface area contributed by atoms with Crippen molar-refractivity contribution in [1.29, 1.82) is 0 Å². The molecule has 0 spiro atoms. The number of aliphatic hydroxyl groups is 1. The molecule has 2 unspecified atom stereocenters. The molecule has 2 N–H and O–H groups in total. The third-order valence-corrected chi connectivity index (χ3v) is 4.11. The molecule has 0 fully saturated rings. The van der Waals surface area contributed by atoms with E-state index in [9.17, 15) is 5.11 Å². The van der Waals surface area contributed by atoms with E-state index in [1.54, 1.807) is 0 Å². The molecule has 3 heteroatoms. The Balaban J connectivity index is 2.61. The standard InChI is InChI=1S/C18H31NO2/c1-6-12-19-17(7-2)15-8-10-16(11-9-15)21-13-18(5,20)14(3)4/h8-11,14,17,19-20H,6-7,12-13H2,1-5H3. The highest BCUT2D eigenvalue weighted by Crippen LogP contribution is 2.22. The lowest BCUT2D eigenvalue weighted by Gasteiger charge is -2.27. The first-order valence-corrected chi connectivity index (χ1v) is 8.09. The lowest BCUT2D eigenvalue weighted by atomic mass is 9.94. The van der Waals surface area contributed by atoms with Gasteiger partial charge in [0.05, 0.1) is 5.60 Å². The predicted molar refractivity (Wildman–Crippen MR) is 88.7 cm³/mol. The second kappa shape index (κ2) is 8.40. The van der Waals surface area contributed by atoms with Gasteiger partial charge < -0.3 is 15.2 Å². The van der Waals surface area contributed by atoms with Crippen molar-refractivity contribution in [3.63, 3.8) is 0 Å². The Morgan fingerprint density at radius 1 is 1.19 bits per heavy atom. The van der Waals surface area contributed by atoms with Gasteiger partial charge in [-0.1, -0.05) is 39.8 Å². The minimum absolute atomic E-state index is 0.166. The van der Waals surface area contributed by atoms with Crippen molar-refractivity contribution in [1.82, 2.24) is 5.32 Å². The zero-order chi connectivity index (χ0) is 15.9. The topological polar surface area (TPSA) is 41.5 Å². The van der Waals surface area contributed by atoms with Crippen LogP contribution in [-0.2, 0) is 0 Å². The summed E-state index contributed by atoms with van der Waals surface area (Å²) in [6.45, 7) is 11.5. The van der Waals surface area contributed by atoms with Gasteiger partial charge in [0.25, 0.3) is 0 Å². The Kier molecular flexibility index (Phi) is 7.20. The molecule has 0 radical (unpaired) electrons. The van der Waals surface area contributed by atoms with Crippen molar-refractivity contribution < 1.29 is 9.84 Å². The van der Waals surface area contributed by atoms with Gasteiger partial charge in [-0.2, -0.15) is 0 Å². The van der Waals surface area contributed by atoms with Crippen molar-refractivity contribution in [3.05, 3.63) is 29.8 Å². The molecule has 0 saturated heterocycles. The first kappa shape index (κ1) is 18.0. The molecule has 0 heterocycles. The number of rotatable bonds is 9. The Hall–Kier alpha value is -1.06. The van der Waals surface area contributed by atoms with Crippen LogP contribution in [0.15, 0.2) is 24.3 Å². The quantitative estimate of drug-likeness (QED) is 0.725. The summed E-state index contributed by atoms with van der Waals surface area (Å²) in [5, 5.41) is 13.7. The van der Waals surface area contributed by atoms with Crippen LogP contribution in [-0.4, -0.2) is 23.9 Å². The van der Waals surface area contributed by atoms with Gasteiger partial charge in [0.1, 0.15) is 12.4 Å². The molecule has 0 aromatic heterocycles. The summed E-state index contributed by atoms with van der Waals surface area (Å²) in [5.41, 5.74) is 0.488. The summed E-state index contributed by atoms with van der Waals surface area (Å²) in [6.07, 6.45) is 2.21. The monoisotopic (exact) mass is 293 g/mol. The van der Waals surface area contributed by atoms with Crippen LogP contribution in [0, 0.1) is 5.92 Å². The van der Waals surface area contributed by atoms with Crippen LogP contribution in [0.5, 0.6) is 5.75 Å². The summed E-state index contributed by atoms with van der Waals surface area (Å²) in [7, 11) is 0. The highest BCUT2D eigenvalue weighted by atomic mass is 16.5. The SMILES string of the molecule is CCCNC(CC)c1ccc(OCC(C)(O)C(C)C)cc1. The predicted octanol–water partition coefficient (Wildman–Crippen LogP) is 3.92. The number of benzene rings is 1. The molecule has 0 bridgehead atoms. The zero-order valence-electron chi connectivity index (χ0n) is 14.1. The molecular weight excluding hydrogens is 262 g/mol. The van der Waals surface area contributed by atoms with Crippen LogP contribution in [0.3, 0.4) is 0 Å². The Morgan fingerprint density at radius 2 is 1.81 bits per heavy atom. The minimum atomic E-state index is -0.798. The molecule has 0 aliphatic heterocycles. The summed E-state index contributed by atoms with van der Waals surface area (Å²) >= 11 is 0. The fourth-order valence-corrected chi connectivity index (χ4v) is 2.01. The van der Waals surface area contributed by atoms with E-state index in [0.717, 1.165) is 25.1 Å². The lowest BCUT2D eigenvalue weighted by molar-refractivity contribution is -0.0266. The van der Waals surface area contributed by atoms with E-state index in [0.29, 0.717) is 12.6 Å². The summed E-state index contributed by atoms with van der Waals surface area (Å²) in [5.74, 6) is 0.976. The second-order valence-corrected chi connectivity index (χ2v) is 6.28. The molecule has 1 aromatic rings. The largest absolute Gasteiger partial charge is 0.491 e. The van der Waals surface area contributed by atoms with Crippen molar-refractivity contribution in [2.45, 2.75) is 59.1 Å². The molecule has 2 atom stereocenters. The minimum Gasteiger partial charge on any atom is -0.491 e. The molecule has 3 nitrogen and oxygen atoms in total. The molecule has 21 heavy (non-hydrogen) atoms. The van der Waals surface area contributed by atoms with Crippen molar-refractivity contribution in [2.24, 2.45) is 5.92 Å². The molecule has 0 amide bonds. The van der Waals surface area contributed by atoms with Crippen LogP contribution in [0.1, 0.15) is 59.1 Å². The summed E-state index contributed by atoms with van der Waals surface area (Å²) in [4.78, 5) is 0. The molecule has 120 valence electrons. The summed E-state index contributed by atoms with van der Waals surface area (Å²) < 4.78 is 5.71. The smallest absolute Gasteiger partial charge is 0.119 e. The van der Waals surface area contributed by atoms with Gasteiger partial charge in [0, 0.05) is 6.04 Å². The van der Waals surface area contributed by atoms with Crippen molar-refractivity contribution >= 4 is 0 Å². The van der Waals surface area contributed by atoms with E-state index in [1.807, 2.05) is 32.9 Å². The van der Waals surface area contributed by atoms with Gasteiger partial charge in [-0.3, -0.25) is 0 Å². The van der Waals surface area contributed by atoms with Gasteiger partial charge in [0.2, 0.25) is 0 Å². The molecule has 0 aliphatic carbocycles. The summed E-state index contributed by atoms with van der Waals surface area (Å²) in [6, 6.07) is 8.59. The lowest BCUT2D eigenvalue weighted by Crippen LogP contribution is -2.37. The van der Waals surface area contributed by atoms with Crippen LogP contribution < -0.4 is 10.1 Å². The van der Waals surface area contributed by atoms with Gasteiger partial charge >= 0.3 is 0 Å². The van der Waals surface area contributed by atoms with E-state index in [-0.39, 0.29) is 5.92 Å². The molecule has 1 rings (SSSR count). The number of ether oxygens (including phenoxy) is 1. The van der Waals surface area contributed by atoms with Crippen LogP contribution in [0.2, 0.25) is 0 Å². The average Bonchev–Trinajstić information content (AvgIpc) is 2.47. The number of hydrogen-bond acceptors (Lipinski definition) is 3. The highest BCUT2D eigenvalue weighted by molar-refractivity contribution is 5.29. The van der Waals surface area contributed by atoms with E-state index < -0.39 is 5.60 Å². The van der Waals surface area contributed by atoms with E-state index >= 15 is 0 Å².